The molecule has 4 rings (SSSR count). The number of nitrogens with zero attached hydrogens (tertiary/aromatic N) is 2. The third-order valence-electron chi connectivity index (χ3n) is 11.1. The Morgan fingerprint density at radius 2 is 1.19 bits per heavy atom. The van der Waals surface area contributed by atoms with Gasteiger partial charge < -0.3 is 58.7 Å². The normalized spacial score (nSPS) is 12.9. The van der Waals surface area contributed by atoms with Gasteiger partial charge in [0.05, 0.1) is 48.1 Å². The first-order valence-corrected chi connectivity index (χ1v) is 22.7. The maximum absolute atomic E-state index is 14.1. The van der Waals surface area contributed by atoms with Crippen molar-refractivity contribution in [3.8, 4) is 5.75 Å². The number of nitro benzene ring substituents is 2. The summed E-state index contributed by atoms with van der Waals surface area (Å²) in [7, 11) is 0. The number of phenolic OH excluding ortho intramolecular Hbond substituents is 1. The molecule has 5 amide bonds. The largest absolute Gasteiger partial charge is 0.508 e. The maximum atomic E-state index is 14.1. The molecule has 0 saturated carbocycles. The van der Waals surface area contributed by atoms with E-state index in [1.54, 1.807) is 42.5 Å². The lowest BCUT2D eigenvalue weighted by Gasteiger charge is -2.26. The van der Waals surface area contributed by atoms with Gasteiger partial charge in [0, 0.05) is 42.1 Å². The van der Waals surface area contributed by atoms with Crippen molar-refractivity contribution in [3.63, 3.8) is 0 Å². The molecule has 0 bridgehead atoms. The second kappa shape index (κ2) is 28.2. The van der Waals surface area contributed by atoms with Crippen molar-refractivity contribution < 1.29 is 63.5 Å². The van der Waals surface area contributed by atoms with E-state index in [0.29, 0.717) is 23.6 Å². The van der Waals surface area contributed by atoms with E-state index in [-0.39, 0.29) is 61.3 Å². The lowest BCUT2D eigenvalue weighted by molar-refractivity contribution is -0.394. The molecule has 13 N–H and O–H groups in total. The monoisotopic (exact) mass is 1010 g/mol. The number of aliphatic hydroxyl groups is 1. The number of anilines is 1. The summed E-state index contributed by atoms with van der Waals surface area (Å²) in [4.78, 5) is 129. The first kappa shape index (κ1) is 56.9. The number of para-hydroxylation sites is 1. The highest BCUT2D eigenvalue weighted by Crippen LogP contribution is 2.26. The summed E-state index contributed by atoms with van der Waals surface area (Å²) >= 11 is 0. The van der Waals surface area contributed by atoms with Crippen molar-refractivity contribution in [1.82, 2.24) is 31.9 Å². The molecule has 0 aliphatic heterocycles. The van der Waals surface area contributed by atoms with Crippen molar-refractivity contribution in [2.24, 2.45) is 5.73 Å². The number of nitro groups is 2. The van der Waals surface area contributed by atoms with E-state index >= 15 is 0 Å². The van der Waals surface area contributed by atoms with Crippen molar-refractivity contribution >= 4 is 64.1 Å². The smallest absolute Gasteiger partial charge is 0.305 e. The number of benzene rings is 4. The fourth-order valence-electron chi connectivity index (χ4n) is 7.29. The van der Waals surface area contributed by atoms with E-state index in [2.05, 4.69) is 31.9 Å². The molecule has 0 radical (unpaired) electrons. The number of carbonyl (C=O) groups is 8. The second-order valence-electron chi connectivity index (χ2n) is 16.6. The zero-order valence-corrected chi connectivity index (χ0v) is 39.2. The van der Waals surface area contributed by atoms with Crippen LogP contribution in [-0.2, 0) is 52.8 Å². The molecule has 25 nitrogen and oxygen atoms in total. The van der Waals surface area contributed by atoms with E-state index in [4.69, 9.17) is 11.5 Å². The summed E-state index contributed by atoms with van der Waals surface area (Å²) in [5.41, 5.74) is 11.4. The number of aromatic hydroxyl groups is 1. The molecule has 25 heteroatoms. The number of nitrogens with one attached hydrogen (secondary N) is 6. The molecule has 4 aromatic rings. The van der Waals surface area contributed by atoms with Crippen LogP contribution in [-0.4, -0.2) is 129 Å². The molecular formula is C48H56N10O15. The molecule has 388 valence electrons. The quantitative estimate of drug-likeness (QED) is 0.0107. The van der Waals surface area contributed by atoms with Crippen molar-refractivity contribution in [1.29, 1.82) is 0 Å². The third kappa shape index (κ3) is 18.2. The Labute approximate surface area is 416 Å². The lowest BCUT2D eigenvalue weighted by Crippen LogP contribution is -2.60. The van der Waals surface area contributed by atoms with Gasteiger partial charge in [0.25, 0.3) is 11.4 Å². The van der Waals surface area contributed by atoms with Gasteiger partial charge in [0.2, 0.25) is 29.5 Å². The highest BCUT2D eigenvalue weighted by Gasteiger charge is 2.34. The zero-order valence-electron chi connectivity index (χ0n) is 39.2. The van der Waals surface area contributed by atoms with E-state index in [1.165, 1.54) is 36.4 Å². The highest BCUT2D eigenvalue weighted by molar-refractivity contribution is 6.02. The van der Waals surface area contributed by atoms with Crippen molar-refractivity contribution in [2.45, 2.75) is 75.2 Å². The molecule has 0 unspecified atom stereocenters. The molecule has 0 spiro atoms. The number of non-ortho nitro benzene ring substituents is 1. The van der Waals surface area contributed by atoms with Crippen molar-refractivity contribution in [2.75, 3.05) is 32.0 Å². The van der Waals surface area contributed by atoms with Gasteiger partial charge in [-0.15, -0.1) is 0 Å². The Morgan fingerprint density at radius 3 is 1.79 bits per heavy atom. The number of aliphatic carboxylic acids is 1. The van der Waals surface area contributed by atoms with Gasteiger partial charge in [-0.05, 0) is 67.3 Å². The van der Waals surface area contributed by atoms with Gasteiger partial charge >= 0.3 is 5.97 Å². The minimum Gasteiger partial charge on any atom is -0.508 e. The summed E-state index contributed by atoms with van der Waals surface area (Å²) in [5.74, 6) is -8.16. The molecule has 0 aromatic heterocycles. The third-order valence-corrected chi connectivity index (χ3v) is 11.1. The number of nitrogen functional groups attached to an aromatic ring is 1. The van der Waals surface area contributed by atoms with Crippen LogP contribution in [0.1, 0.15) is 52.7 Å². The summed E-state index contributed by atoms with van der Waals surface area (Å²) in [5, 5.41) is 67.7. The maximum Gasteiger partial charge on any atom is 0.305 e. The molecule has 5 atom stereocenters. The van der Waals surface area contributed by atoms with E-state index in [0.717, 1.165) is 12.1 Å². The van der Waals surface area contributed by atoms with Gasteiger partial charge in [-0.3, -0.25) is 58.6 Å². The average Bonchev–Trinajstić information content (AvgIpc) is 3.35. The number of amides is 5. The number of hydrogen-bond acceptors (Lipinski definition) is 17. The number of unbranched alkanes of at least 4 members (excludes halogenated alkanes) is 1. The summed E-state index contributed by atoms with van der Waals surface area (Å²) in [6, 6.07) is 14.6. The minimum atomic E-state index is -1.98. The predicted molar refractivity (Wildman–Crippen MR) is 260 cm³/mol. The minimum absolute atomic E-state index is 0.0487. The lowest BCUT2D eigenvalue weighted by atomic mass is 9.97. The van der Waals surface area contributed by atoms with Crippen LogP contribution >= 0.6 is 0 Å². The van der Waals surface area contributed by atoms with Crippen LogP contribution in [0.25, 0.3) is 0 Å². The van der Waals surface area contributed by atoms with Gasteiger partial charge in [0.1, 0.15) is 29.9 Å². The Hall–Kier alpha value is -8.68. The average molecular weight is 1010 g/mol. The van der Waals surface area contributed by atoms with Crippen LogP contribution in [0.3, 0.4) is 0 Å². The fourth-order valence-corrected chi connectivity index (χ4v) is 7.29. The Balaban J connectivity index is 1.53. The number of hydrogen-bond donors (Lipinski definition) is 11. The molecular weight excluding hydrogens is 957 g/mol. The molecule has 0 aliphatic rings. The Kier molecular flexibility index (Phi) is 22.0. The van der Waals surface area contributed by atoms with Crippen LogP contribution in [0.5, 0.6) is 5.75 Å². The number of aliphatic hydroxyl groups excluding tert-OH is 1. The Bertz CT molecular complexity index is 2640. The highest BCUT2D eigenvalue weighted by atomic mass is 16.6. The molecule has 0 aliphatic carbocycles. The number of carbonyl (C=O) groups excluding carboxylic acids is 7. The molecule has 73 heavy (non-hydrogen) atoms. The number of Topliss-reactive ketones (excluding diaryl/α,β-unsaturated/α-hetero) is 2. The first-order chi connectivity index (χ1) is 34.8. The molecule has 0 saturated heterocycles. The van der Waals surface area contributed by atoms with Crippen LogP contribution in [0.2, 0.25) is 0 Å². The fraction of sp³-hybridized carbons (Fsp3) is 0.333. The van der Waals surface area contributed by atoms with Gasteiger partial charge in [-0.25, -0.2) is 0 Å². The van der Waals surface area contributed by atoms with Gasteiger partial charge in [-0.1, -0.05) is 54.6 Å². The van der Waals surface area contributed by atoms with E-state index in [9.17, 15) is 73.9 Å². The SMILES string of the molecule is NCCCC[C@H](NC(=O)[C@H](Cc1ccc(O)cc1)NC(=O)[C@H](CC(=O)O)NC(=O)[C@H](CO)NC(=O)[C@H](Cc1ccccc1)NC(=O)CNCC(=O)c1ccccc1N)C(=O)Cc1ccc([N+](=O)[O-])cc1[N+](=O)[O-]. The molecule has 0 fully saturated rings. The van der Waals surface area contributed by atoms with Crippen molar-refractivity contribution in [3.05, 3.63) is 140 Å². The summed E-state index contributed by atoms with van der Waals surface area (Å²) < 4.78 is 0. The van der Waals surface area contributed by atoms with Crippen LogP contribution < -0.4 is 43.4 Å². The summed E-state index contributed by atoms with van der Waals surface area (Å²) in [6.45, 7) is -1.62. The number of ketones is 2. The van der Waals surface area contributed by atoms with E-state index in [1.807, 2.05) is 0 Å². The Morgan fingerprint density at radius 1 is 0.630 bits per heavy atom. The molecule has 4 aromatic carbocycles. The number of phenols is 1. The zero-order chi connectivity index (χ0) is 53.6. The number of rotatable bonds is 30. The van der Waals surface area contributed by atoms with E-state index < -0.39 is 124 Å². The van der Waals surface area contributed by atoms with Gasteiger partial charge in [0.15, 0.2) is 11.6 Å². The van der Waals surface area contributed by atoms with Gasteiger partial charge in [-0.2, -0.15) is 0 Å². The molecule has 0 heterocycles. The topological polar surface area (TPSA) is 408 Å². The van der Waals surface area contributed by atoms with Crippen LogP contribution in [0.15, 0.2) is 97.1 Å². The second-order valence-corrected chi connectivity index (χ2v) is 16.6. The first-order valence-electron chi connectivity index (χ1n) is 22.7. The number of nitrogens with two attached hydrogens (primary N) is 2. The predicted octanol–water partition coefficient (Wildman–Crippen LogP) is -0.120. The standard InChI is InChI=1S/C48H56N10O15/c49-19-7-6-12-35(41(61)22-30-15-16-31(57(70)71)23-40(30)58(72)73)53-46(67)37(21-29-13-17-32(60)18-14-29)54-47(68)38(24-44(64)65)55-48(69)39(27-59)56-45(66)36(20-28-8-2-1-3-9-28)52-43(63)26-51-25-42(62)33-10-4-5-11-34(33)50/h1-5,8-11,13-18,23,35-39,51,59-60H,6-7,12,19-22,24-27,49-50H2,(H,52,63)(H,53,67)(H,54,68)(H,55,69)(H,56,66)(H,64,65)/t35-,36-,37-,38-,39-/m0/s1. The number of carboxylic acids is 1. The summed E-state index contributed by atoms with van der Waals surface area (Å²) in [6.07, 6.45) is -1.62. The number of carboxylic acid groups (broad SMARTS) is 1. The van der Waals surface area contributed by atoms with Crippen LogP contribution in [0.4, 0.5) is 17.1 Å². The van der Waals surface area contributed by atoms with Crippen LogP contribution in [0, 0.1) is 20.2 Å².